The van der Waals surface area contributed by atoms with Crippen LogP contribution in [0.25, 0.3) is 5.65 Å². The Morgan fingerprint density at radius 3 is 2.95 bits per heavy atom. The Morgan fingerprint density at radius 2 is 2.19 bits per heavy atom. The lowest BCUT2D eigenvalue weighted by molar-refractivity contribution is 0.106. The molecule has 0 spiro atoms. The zero-order valence-corrected chi connectivity index (χ0v) is 12.8. The van der Waals surface area contributed by atoms with Crippen molar-refractivity contribution >= 4 is 34.9 Å². The first-order valence-corrected chi connectivity index (χ1v) is 7.62. The highest BCUT2D eigenvalue weighted by molar-refractivity contribution is 6.36. The summed E-state index contributed by atoms with van der Waals surface area (Å²) in [4.78, 5) is 17.3. The zero-order valence-electron chi connectivity index (χ0n) is 11.3. The molecule has 112 valence electrons. The van der Waals surface area contributed by atoms with Crippen LogP contribution in [0.5, 0.6) is 0 Å². The molecular formula is C14H15Cl2N3O2. The van der Waals surface area contributed by atoms with Crippen LogP contribution in [0.15, 0.2) is 18.5 Å². The average molecular weight is 328 g/mol. The quantitative estimate of drug-likeness (QED) is 0.914. The van der Waals surface area contributed by atoms with Crippen LogP contribution in [0.4, 0.5) is 4.79 Å². The van der Waals surface area contributed by atoms with E-state index in [4.69, 9.17) is 23.2 Å². The molecule has 7 heteroatoms. The van der Waals surface area contributed by atoms with E-state index in [1.165, 1.54) is 4.90 Å². The number of piperidine rings is 1. The van der Waals surface area contributed by atoms with Crippen LogP contribution < -0.4 is 0 Å². The number of hydrogen-bond acceptors (Lipinski definition) is 2. The topological polar surface area (TPSA) is 57.8 Å². The first kappa shape index (κ1) is 14.5. The average Bonchev–Trinajstić information content (AvgIpc) is 2.81. The van der Waals surface area contributed by atoms with Gasteiger partial charge < -0.3 is 14.4 Å². The van der Waals surface area contributed by atoms with E-state index in [-0.39, 0.29) is 6.04 Å². The Bertz CT molecular complexity index is 686. The van der Waals surface area contributed by atoms with Gasteiger partial charge in [-0.3, -0.25) is 0 Å². The first-order valence-electron chi connectivity index (χ1n) is 6.87. The summed E-state index contributed by atoms with van der Waals surface area (Å²) in [5.74, 6) is 0. The molecule has 1 N–H and O–H groups in total. The second-order valence-electron chi connectivity index (χ2n) is 5.30. The van der Waals surface area contributed by atoms with E-state index in [0.29, 0.717) is 28.7 Å². The molecule has 1 fully saturated rings. The van der Waals surface area contributed by atoms with Crippen LogP contribution in [-0.2, 0) is 6.42 Å². The summed E-state index contributed by atoms with van der Waals surface area (Å²) in [5.41, 5.74) is 1.48. The van der Waals surface area contributed by atoms with Crippen LogP contribution in [0.1, 0.15) is 25.0 Å². The summed E-state index contributed by atoms with van der Waals surface area (Å²) in [5, 5.41) is 10.3. The molecule has 1 aliphatic rings. The smallest absolute Gasteiger partial charge is 0.407 e. The number of halogens is 2. The number of likely N-dealkylation sites (tertiary alicyclic amines) is 1. The molecule has 0 aliphatic carbocycles. The highest BCUT2D eigenvalue weighted by Gasteiger charge is 2.27. The van der Waals surface area contributed by atoms with Gasteiger partial charge in [0, 0.05) is 31.4 Å². The monoisotopic (exact) mass is 327 g/mol. The van der Waals surface area contributed by atoms with Crippen molar-refractivity contribution < 1.29 is 9.90 Å². The fourth-order valence-corrected chi connectivity index (χ4v) is 3.41. The lowest BCUT2D eigenvalue weighted by atomic mass is 9.99. The predicted octanol–water partition coefficient (Wildman–Crippen LogP) is 3.72. The normalized spacial score (nSPS) is 19.1. The van der Waals surface area contributed by atoms with Crippen LogP contribution in [-0.4, -0.2) is 38.1 Å². The Balaban J connectivity index is 1.87. The number of fused-ring (bicyclic) bond motifs is 1. The lowest BCUT2D eigenvalue weighted by Gasteiger charge is -2.33. The van der Waals surface area contributed by atoms with Crippen molar-refractivity contribution in [2.24, 2.45) is 0 Å². The van der Waals surface area contributed by atoms with E-state index in [2.05, 4.69) is 4.98 Å². The third kappa shape index (κ3) is 2.94. The highest BCUT2D eigenvalue weighted by Crippen LogP contribution is 2.24. The molecule has 5 nitrogen and oxygen atoms in total. The summed E-state index contributed by atoms with van der Waals surface area (Å²) >= 11 is 12.1. The van der Waals surface area contributed by atoms with Gasteiger partial charge >= 0.3 is 6.09 Å². The largest absolute Gasteiger partial charge is 0.465 e. The van der Waals surface area contributed by atoms with Gasteiger partial charge in [0.15, 0.2) is 5.65 Å². The van der Waals surface area contributed by atoms with Crippen molar-refractivity contribution in [1.29, 1.82) is 0 Å². The summed E-state index contributed by atoms with van der Waals surface area (Å²) < 4.78 is 1.79. The molecule has 0 saturated carbocycles. The van der Waals surface area contributed by atoms with Crippen LogP contribution in [0.2, 0.25) is 10.0 Å². The van der Waals surface area contributed by atoms with E-state index >= 15 is 0 Å². The molecule has 1 atom stereocenters. The minimum absolute atomic E-state index is 0.0181. The SMILES string of the molecule is O=C(O)N1CCCC[C@H]1Cc1cn2cc(Cl)cc(Cl)c2n1. The number of imidazole rings is 1. The summed E-state index contributed by atoms with van der Waals surface area (Å²) in [7, 11) is 0. The molecule has 0 unspecified atom stereocenters. The second-order valence-corrected chi connectivity index (χ2v) is 6.14. The van der Waals surface area contributed by atoms with Gasteiger partial charge in [-0.1, -0.05) is 23.2 Å². The van der Waals surface area contributed by atoms with E-state index in [1.54, 1.807) is 16.7 Å². The number of hydrogen-bond donors (Lipinski definition) is 1. The molecule has 0 aromatic carbocycles. The molecule has 0 radical (unpaired) electrons. The molecule has 0 bridgehead atoms. The number of pyridine rings is 1. The fourth-order valence-electron chi connectivity index (χ4n) is 2.88. The van der Waals surface area contributed by atoms with Gasteiger partial charge in [-0.25, -0.2) is 9.78 Å². The van der Waals surface area contributed by atoms with E-state index in [9.17, 15) is 9.90 Å². The van der Waals surface area contributed by atoms with Crippen molar-refractivity contribution in [2.75, 3.05) is 6.54 Å². The molecular weight excluding hydrogens is 313 g/mol. The maximum absolute atomic E-state index is 11.3. The van der Waals surface area contributed by atoms with Crippen LogP contribution in [0, 0.1) is 0 Å². The summed E-state index contributed by atoms with van der Waals surface area (Å²) in [6, 6.07) is 1.63. The number of carboxylic acid groups (broad SMARTS) is 1. The summed E-state index contributed by atoms with van der Waals surface area (Å²) in [6.07, 6.45) is 6.20. The highest BCUT2D eigenvalue weighted by atomic mass is 35.5. The minimum Gasteiger partial charge on any atom is -0.465 e. The van der Waals surface area contributed by atoms with Crippen molar-refractivity contribution in [3.05, 3.63) is 34.2 Å². The van der Waals surface area contributed by atoms with Crippen LogP contribution in [0.3, 0.4) is 0 Å². The van der Waals surface area contributed by atoms with Crippen molar-refractivity contribution in [2.45, 2.75) is 31.7 Å². The van der Waals surface area contributed by atoms with E-state index in [0.717, 1.165) is 25.0 Å². The lowest BCUT2D eigenvalue weighted by Crippen LogP contribution is -2.44. The molecule has 1 aliphatic heterocycles. The summed E-state index contributed by atoms with van der Waals surface area (Å²) in [6.45, 7) is 0.597. The third-order valence-electron chi connectivity index (χ3n) is 3.84. The number of aromatic nitrogens is 2. The van der Waals surface area contributed by atoms with Crippen LogP contribution >= 0.6 is 23.2 Å². The fraction of sp³-hybridized carbons (Fsp3) is 0.429. The Morgan fingerprint density at radius 1 is 1.38 bits per heavy atom. The molecule has 1 saturated heterocycles. The molecule has 2 aromatic heterocycles. The number of carbonyl (C=O) groups is 1. The van der Waals surface area contributed by atoms with E-state index < -0.39 is 6.09 Å². The predicted molar refractivity (Wildman–Crippen MR) is 81.3 cm³/mol. The minimum atomic E-state index is -0.857. The number of amides is 1. The molecule has 1 amide bonds. The second kappa shape index (κ2) is 5.73. The maximum atomic E-state index is 11.3. The van der Waals surface area contributed by atoms with Crippen molar-refractivity contribution in [3.63, 3.8) is 0 Å². The van der Waals surface area contributed by atoms with Gasteiger partial charge in [0.25, 0.3) is 0 Å². The Hall–Kier alpha value is -1.46. The van der Waals surface area contributed by atoms with Gasteiger partial charge in [0.05, 0.1) is 15.7 Å². The number of rotatable bonds is 2. The Kier molecular flexibility index (Phi) is 3.95. The maximum Gasteiger partial charge on any atom is 0.407 e. The zero-order chi connectivity index (χ0) is 15.0. The van der Waals surface area contributed by atoms with Gasteiger partial charge in [-0.2, -0.15) is 0 Å². The van der Waals surface area contributed by atoms with E-state index in [1.807, 2.05) is 6.20 Å². The van der Waals surface area contributed by atoms with Gasteiger partial charge in [0.2, 0.25) is 0 Å². The first-order chi connectivity index (χ1) is 10.0. The molecule has 3 heterocycles. The van der Waals surface area contributed by atoms with Crippen molar-refractivity contribution in [1.82, 2.24) is 14.3 Å². The number of nitrogens with zero attached hydrogens (tertiary/aromatic N) is 3. The van der Waals surface area contributed by atoms with Gasteiger partial charge in [-0.05, 0) is 25.3 Å². The third-order valence-corrected chi connectivity index (χ3v) is 4.33. The molecule has 21 heavy (non-hydrogen) atoms. The van der Waals surface area contributed by atoms with Gasteiger partial charge in [0.1, 0.15) is 0 Å². The molecule has 3 rings (SSSR count). The molecule has 2 aromatic rings. The Labute approximate surface area is 132 Å². The van der Waals surface area contributed by atoms with Crippen molar-refractivity contribution in [3.8, 4) is 0 Å². The van der Waals surface area contributed by atoms with Gasteiger partial charge in [-0.15, -0.1) is 0 Å². The standard InChI is InChI=1S/C14H15Cl2N3O2/c15-9-5-12(16)13-17-10(8-18(13)7-9)6-11-3-1-2-4-19(11)14(20)21/h5,7-8,11H,1-4,6H2,(H,20,21)/t11-/m0/s1.